The van der Waals surface area contributed by atoms with E-state index in [9.17, 15) is 0 Å². The van der Waals surface area contributed by atoms with Gasteiger partial charge in [0.15, 0.2) is 4.47 Å². The van der Waals surface area contributed by atoms with Crippen LogP contribution in [0.15, 0.2) is 0 Å². The number of nitrogens with zero attached hydrogens (tertiary/aromatic N) is 1. The standard InChI is InChI=1S/C4H4Cl2N2S/c5-3-2(1-7)9-4(6)8-3/h1,7H2. The first-order valence-electron chi connectivity index (χ1n) is 2.25. The van der Waals surface area contributed by atoms with E-state index in [-0.39, 0.29) is 0 Å². The predicted molar refractivity (Wildman–Crippen MR) is 40.0 cm³/mol. The summed E-state index contributed by atoms with van der Waals surface area (Å²) in [5.74, 6) is 0. The first-order chi connectivity index (χ1) is 4.24. The second kappa shape index (κ2) is 2.84. The maximum Gasteiger partial charge on any atom is 0.185 e. The lowest BCUT2D eigenvalue weighted by Gasteiger charge is -1.83. The van der Waals surface area contributed by atoms with Crippen LogP contribution in [-0.2, 0) is 6.54 Å². The Morgan fingerprint density at radius 2 is 2.22 bits per heavy atom. The van der Waals surface area contributed by atoms with Gasteiger partial charge in [-0.1, -0.05) is 23.2 Å². The lowest BCUT2D eigenvalue weighted by Crippen LogP contribution is -1.92. The van der Waals surface area contributed by atoms with E-state index in [0.29, 0.717) is 16.2 Å². The average molecular weight is 183 g/mol. The van der Waals surface area contributed by atoms with Gasteiger partial charge < -0.3 is 5.73 Å². The average Bonchev–Trinajstić information content (AvgIpc) is 2.10. The Morgan fingerprint density at radius 3 is 2.44 bits per heavy atom. The van der Waals surface area contributed by atoms with Crippen LogP contribution < -0.4 is 5.73 Å². The molecule has 0 saturated carbocycles. The molecule has 0 unspecified atom stereocenters. The second-order valence-corrected chi connectivity index (χ2v) is 3.41. The van der Waals surface area contributed by atoms with Crippen molar-refractivity contribution in [1.82, 2.24) is 4.98 Å². The van der Waals surface area contributed by atoms with Crippen LogP contribution in [0.5, 0.6) is 0 Å². The summed E-state index contributed by atoms with van der Waals surface area (Å²) in [6.45, 7) is 0.406. The Hall–Kier alpha value is 0.170. The van der Waals surface area contributed by atoms with Gasteiger partial charge in [0.2, 0.25) is 0 Å². The summed E-state index contributed by atoms with van der Waals surface area (Å²) in [6, 6.07) is 0. The van der Waals surface area contributed by atoms with Crippen molar-refractivity contribution in [1.29, 1.82) is 0 Å². The van der Waals surface area contributed by atoms with Gasteiger partial charge in [0.1, 0.15) is 5.15 Å². The molecule has 0 atom stereocenters. The van der Waals surface area contributed by atoms with Crippen LogP contribution in [0.25, 0.3) is 0 Å². The van der Waals surface area contributed by atoms with Gasteiger partial charge in [0.25, 0.3) is 0 Å². The molecule has 2 N–H and O–H groups in total. The van der Waals surface area contributed by atoms with Crippen molar-refractivity contribution in [2.45, 2.75) is 6.54 Å². The lowest BCUT2D eigenvalue weighted by atomic mass is 10.6. The molecule has 0 aliphatic rings. The maximum absolute atomic E-state index is 5.58. The molecule has 0 aliphatic carbocycles. The monoisotopic (exact) mass is 182 g/mol. The van der Waals surface area contributed by atoms with Gasteiger partial charge in [-0.05, 0) is 0 Å². The van der Waals surface area contributed by atoms with Crippen LogP contribution in [-0.4, -0.2) is 4.98 Å². The van der Waals surface area contributed by atoms with Crippen LogP contribution >= 0.6 is 34.5 Å². The van der Waals surface area contributed by atoms with E-state index < -0.39 is 0 Å². The summed E-state index contributed by atoms with van der Waals surface area (Å²) in [7, 11) is 0. The lowest BCUT2D eigenvalue weighted by molar-refractivity contribution is 1.10. The van der Waals surface area contributed by atoms with E-state index in [1.165, 1.54) is 11.3 Å². The van der Waals surface area contributed by atoms with Crippen molar-refractivity contribution >= 4 is 34.5 Å². The van der Waals surface area contributed by atoms with Gasteiger partial charge in [-0.2, -0.15) is 0 Å². The molecule has 0 amide bonds. The Labute approximate surface area is 66.6 Å². The fraction of sp³-hybridized carbons (Fsp3) is 0.250. The molecule has 50 valence electrons. The number of aromatic nitrogens is 1. The Morgan fingerprint density at radius 1 is 1.56 bits per heavy atom. The Bertz CT molecular complexity index is 210. The highest BCUT2D eigenvalue weighted by molar-refractivity contribution is 7.16. The van der Waals surface area contributed by atoms with Crippen LogP contribution in [0.1, 0.15) is 4.88 Å². The fourth-order valence-electron chi connectivity index (χ4n) is 0.432. The highest BCUT2D eigenvalue weighted by Gasteiger charge is 2.03. The highest BCUT2D eigenvalue weighted by Crippen LogP contribution is 2.25. The van der Waals surface area contributed by atoms with E-state index in [4.69, 9.17) is 28.9 Å². The molecule has 2 nitrogen and oxygen atoms in total. The summed E-state index contributed by atoms with van der Waals surface area (Å²) in [5.41, 5.74) is 5.29. The summed E-state index contributed by atoms with van der Waals surface area (Å²) in [6.07, 6.45) is 0. The number of hydrogen-bond donors (Lipinski definition) is 1. The van der Waals surface area contributed by atoms with E-state index in [2.05, 4.69) is 4.98 Å². The molecule has 0 saturated heterocycles. The third-order valence-corrected chi connectivity index (χ3v) is 2.42. The SMILES string of the molecule is NCc1sc(Cl)nc1Cl. The highest BCUT2D eigenvalue weighted by atomic mass is 35.5. The minimum absolute atomic E-state index is 0.406. The van der Waals surface area contributed by atoms with Gasteiger partial charge >= 0.3 is 0 Å². The largest absolute Gasteiger partial charge is 0.326 e. The number of hydrogen-bond acceptors (Lipinski definition) is 3. The number of nitrogens with two attached hydrogens (primary N) is 1. The maximum atomic E-state index is 5.58. The van der Waals surface area contributed by atoms with Gasteiger partial charge in [0, 0.05) is 6.54 Å². The molecule has 1 aromatic heterocycles. The summed E-state index contributed by atoms with van der Waals surface area (Å²) in [5, 5.41) is 0.424. The van der Waals surface area contributed by atoms with Crippen molar-refractivity contribution in [2.75, 3.05) is 0 Å². The summed E-state index contributed by atoms with van der Waals surface area (Å²) >= 11 is 12.4. The zero-order valence-electron chi connectivity index (χ0n) is 4.40. The third kappa shape index (κ3) is 1.55. The third-order valence-electron chi connectivity index (χ3n) is 0.809. The minimum Gasteiger partial charge on any atom is -0.326 e. The molecule has 1 rings (SSSR count). The van der Waals surface area contributed by atoms with Crippen molar-refractivity contribution in [2.24, 2.45) is 5.73 Å². The fourth-order valence-corrected chi connectivity index (χ4v) is 1.72. The first kappa shape index (κ1) is 7.28. The van der Waals surface area contributed by atoms with Gasteiger partial charge in [-0.15, -0.1) is 11.3 Å². The zero-order chi connectivity index (χ0) is 6.85. The molecular weight excluding hydrogens is 179 g/mol. The van der Waals surface area contributed by atoms with Crippen molar-refractivity contribution in [3.63, 3.8) is 0 Å². The van der Waals surface area contributed by atoms with Crippen LogP contribution in [0, 0.1) is 0 Å². The van der Waals surface area contributed by atoms with Crippen LogP contribution in [0.2, 0.25) is 9.62 Å². The topological polar surface area (TPSA) is 38.9 Å². The molecular formula is C4H4Cl2N2S. The Balaban J connectivity index is 3.01. The molecule has 0 radical (unpaired) electrons. The van der Waals surface area contributed by atoms with Crippen molar-refractivity contribution in [3.8, 4) is 0 Å². The number of thiazole rings is 1. The molecule has 0 aliphatic heterocycles. The normalized spacial score (nSPS) is 10.1. The van der Waals surface area contributed by atoms with Crippen molar-refractivity contribution in [3.05, 3.63) is 14.5 Å². The van der Waals surface area contributed by atoms with Gasteiger partial charge in [0.05, 0.1) is 4.88 Å². The van der Waals surface area contributed by atoms with E-state index in [1.54, 1.807) is 0 Å². The molecule has 0 aromatic carbocycles. The van der Waals surface area contributed by atoms with E-state index >= 15 is 0 Å². The van der Waals surface area contributed by atoms with E-state index in [1.807, 2.05) is 0 Å². The minimum atomic E-state index is 0.406. The molecule has 1 heterocycles. The molecule has 5 heteroatoms. The molecule has 0 bridgehead atoms. The molecule has 0 spiro atoms. The number of rotatable bonds is 1. The quantitative estimate of drug-likeness (QED) is 0.722. The predicted octanol–water partition coefficient (Wildman–Crippen LogP) is 1.91. The smallest absolute Gasteiger partial charge is 0.185 e. The van der Waals surface area contributed by atoms with Gasteiger partial charge in [-0.25, -0.2) is 4.98 Å². The Kier molecular flexibility index (Phi) is 2.29. The summed E-state index contributed by atoms with van der Waals surface area (Å²) in [4.78, 5) is 4.59. The second-order valence-electron chi connectivity index (χ2n) is 1.38. The summed E-state index contributed by atoms with van der Waals surface area (Å²) < 4.78 is 0.445. The van der Waals surface area contributed by atoms with Crippen molar-refractivity contribution < 1.29 is 0 Å². The molecule has 1 aromatic rings. The van der Waals surface area contributed by atoms with E-state index in [0.717, 1.165) is 4.88 Å². The van der Waals surface area contributed by atoms with Crippen LogP contribution in [0.3, 0.4) is 0 Å². The molecule has 0 fully saturated rings. The zero-order valence-corrected chi connectivity index (χ0v) is 6.72. The number of halogens is 2. The first-order valence-corrected chi connectivity index (χ1v) is 3.82. The van der Waals surface area contributed by atoms with Gasteiger partial charge in [-0.3, -0.25) is 0 Å². The van der Waals surface area contributed by atoms with Crippen LogP contribution in [0.4, 0.5) is 0 Å². The molecule has 9 heavy (non-hydrogen) atoms.